The first-order valence-corrected chi connectivity index (χ1v) is 11.9. The third kappa shape index (κ3) is 4.66. The summed E-state index contributed by atoms with van der Waals surface area (Å²) in [6.45, 7) is 7.81. The Bertz CT molecular complexity index is 1140. The summed E-state index contributed by atoms with van der Waals surface area (Å²) in [5.74, 6) is 1.98. The zero-order chi connectivity index (χ0) is 22.1. The summed E-state index contributed by atoms with van der Waals surface area (Å²) in [4.78, 5) is 24.6. The molecule has 32 heavy (non-hydrogen) atoms. The first-order chi connectivity index (χ1) is 15.6. The van der Waals surface area contributed by atoms with Gasteiger partial charge >= 0.3 is 0 Å². The standard InChI is InChI=1S/C24H27N5O2S/c1-15-3-6-21(31-15)20-12-22(27-16(2)23(20)29-9-7-25-8-10-29)32-19-11-18(13-26-14-19)28-24(30)17-4-5-17/h3,6,11-14,17,25H,4-5,7-10H2,1-2H3,(H,28,30). The smallest absolute Gasteiger partial charge is 0.227 e. The number of aryl methyl sites for hydroxylation is 2. The first-order valence-electron chi connectivity index (χ1n) is 11.0. The molecule has 1 saturated heterocycles. The van der Waals surface area contributed by atoms with Crippen LogP contribution in [-0.2, 0) is 4.79 Å². The highest BCUT2D eigenvalue weighted by Crippen LogP contribution is 2.39. The minimum absolute atomic E-state index is 0.0822. The lowest BCUT2D eigenvalue weighted by molar-refractivity contribution is -0.117. The van der Waals surface area contributed by atoms with Crippen LogP contribution in [0.4, 0.5) is 11.4 Å². The van der Waals surface area contributed by atoms with Crippen LogP contribution in [0, 0.1) is 19.8 Å². The summed E-state index contributed by atoms with van der Waals surface area (Å²) in [6, 6.07) is 8.08. The fourth-order valence-corrected chi connectivity index (χ4v) is 4.90. The molecule has 5 rings (SSSR count). The van der Waals surface area contributed by atoms with E-state index in [1.54, 1.807) is 24.2 Å². The Kier molecular flexibility index (Phi) is 5.89. The molecule has 0 atom stereocenters. The number of hydrogen-bond acceptors (Lipinski definition) is 7. The maximum absolute atomic E-state index is 12.1. The minimum atomic E-state index is 0.0822. The number of carbonyl (C=O) groups excluding carboxylic acids is 1. The Balaban J connectivity index is 1.45. The monoisotopic (exact) mass is 449 g/mol. The average Bonchev–Trinajstić information content (AvgIpc) is 3.55. The molecule has 0 aromatic carbocycles. The van der Waals surface area contributed by atoms with Crippen LogP contribution in [0.3, 0.4) is 0 Å². The second-order valence-corrected chi connectivity index (χ2v) is 9.46. The van der Waals surface area contributed by atoms with Crippen LogP contribution >= 0.6 is 11.8 Å². The Morgan fingerprint density at radius 2 is 2.00 bits per heavy atom. The van der Waals surface area contributed by atoms with Crippen molar-refractivity contribution in [2.75, 3.05) is 36.4 Å². The average molecular weight is 450 g/mol. The quantitative estimate of drug-likeness (QED) is 0.582. The van der Waals surface area contributed by atoms with Gasteiger partial charge in [-0.1, -0.05) is 11.8 Å². The van der Waals surface area contributed by atoms with Gasteiger partial charge in [-0.25, -0.2) is 4.98 Å². The van der Waals surface area contributed by atoms with Crippen molar-refractivity contribution in [3.63, 3.8) is 0 Å². The number of nitrogens with one attached hydrogen (secondary N) is 2. The zero-order valence-electron chi connectivity index (χ0n) is 18.4. The Morgan fingerprint density at radius 1 is 1.19 bits per heavy atom. The van der Waals surface area contributed by atoms with E-state index in [1.807, 2.05) is 25.1 Å². The lowest BCUT2D eigenvalue weighted by atomic mass is 10.1. The summed E-state index contributed by atoms with van der Waals surface area (Å²) in [7, 11) is 0. The van der Waals surface area contributed by atoms with Crippen LogP contribution < -0.4 is 15.5 Å². The van der Waals surface area contributed by atoms with E-state index in [0.717, 1.165) is 83.1 Å². The van der Waals surface area contributed by atoms with Gasteiger partial charge in [0.1, 0.15) is 16.5 Å². The molecule has 0 spiro atoms. The van der Waals surface area contributed by atoms with Crippen LogP contribution in [0.2, 0.25) is 0 Å². The fraction of sp³-hybridized carbons (Fsp3) is 0.375. The summed E-state index contributed by atoms with van der Waals surface area (Å²) in [6.07, 6.45) is 5.44. The van der Waals surface area contributed by atoms with Crippen LogP contribution in [0.1, 0.15) is 24.3 Å². The maximum atomic E-state index is 12.1. The highest BCUT2D eigenvalue weighted by atomic mass is 32.2. The van der Waals surface area contributed by atoms with E-state index in [9.17, 15) is 4.79 Å². The molecule has 1 aliphatic carbocycles. The van der Waals surface area contributed by atoms with Gasteiger partial charge in [0.05, 0.1) is 23.3 Å². The molecule has 2 N–H and O–H groups in total. The lowest BCUT2D eigenvalue weighted by Gasteiger charge is -2.32. The Labute approximate surface area is 192 Å². The molecule has 2 fully saturated rings. The summed E-state index contributed by atoms with van der Waals surface area (Å²) in [5, 5.41) is 7.26. The van der Waals surface area contributed by atoms with Crippen molar-refractivity contribution < 1.29 is 9.21 Å². The maximum Gasteiger partial charge on any atom is 0.227 e. The molecule has 3 aromatic rings. The minimum Gasteiger partial charge on any atom is -0.461 e. The molecule has 0 unspecified atom stereocenters. The second kappa shape index (κ2) is 8.96. The van der Waals surface area contributed by atoms with Gasteiger partial charge in [-0.05, 0) is 51.0 Å². The number of pyridine rings is 2. The number of amides is 1. The third-order valence-corrected chi connectivity index (χ3v) is 6.61. The molecule has 0 bridgehead atoms. The van der Waals surface area contributed by atoms with Gasteiger partial charge in [-0.15, -0.1) is 0 Å². The van der Waals surface area contributed by atoms with Crippen molar-refractivity contribution in [3.8, 4) is 11.3 Å². The van der Waals surface area contributed by atoms with Crippen molar-refractivity contribution in [2.24, 2.45) is 5.92 Å². The van der Waals surface area contributed by atoms with E-state index in [1.165, 1.54) is 0 Å². The number of furan rings is 1. The summed E-state index contributed by atoms with van der Waals surface area (Å²) < 4.78 is 6.01. The van der Waals surface area contributed by atoms with E-state index in [2.05, 4.69) is 33.5 Å². The zero-order valence-corrected chi connectivity index (χ0v) is 19.2. The molecule has 1 aliphatic heterocycles. The predicted molar refractivity (Wildman–Crippen MR) is 126 cm³/mol. The molecule has 1 amide bonds. The van der Waals surface area contributed by atoms with E-state index < -0.39 is 0 Å². The number of anilines is 2. The highest BCUT2D eigenvalue weighted by molar-refractivity contribution is 7.99. The molecule has 2 aliphatic rings. The van der Waals surface area contributed by atoms with Gasteiger partial charge < -0.3 is 20.0 Å². The second-order valence-electron chi connectivity index (χ2n) is 8.36. The summed E-state index contributed by atoms with van der Waals surface area (Å²) in [5.41, 5.74) is 3.89. The number of piperazine rings is 1. The van der Waals surface area contributed by atoms with Crippen molar-refractivity contribution >= 4 is 29.0 Å². The van der Waals surface area contributed by atoms with Gasteiger partial charge in [-0.2, -0.15) is 0 Å². The molecule has 166 valence electrons. The Hall–Kier alpha value is -2.84. The first kappa shape index (κ1) is 21.0. The Morgan fingerprint density at radius 3 is 2.72 bits per heavy atom. The van der Waals surface area contributed by atoms with Crippen molar-refractivity contribution in [3.05, 3.63) is 48.1 Å². The number of carbonyl (C=O) groups is 1. The van der Waals surface area contributed by atoms with E-state index in [4.69, 9.17) is 9.40 Å². The van der Waals surface area contributed by atoms with Gasteiger partial charge in [0.2, 0.25) is 5.91 Å². The molecule has 8 heteroatoms. The molecule has 0 radical (unpaired) electrons. The lowest BCUT2D eigenvalue weighted by Crippen LogP contribution is -2.44. The SMILES string of the molecule is Cc1ccc(-c2cc(Sc3cncc(NC(=O)C4CC4)c3)nc(C)c2N2CCNCC2)o1. The van der Waals surface area contributed by atoms with Crippen LogP contribution in [-0.4, -0.2) is 42.1 Å². The topological polar surface area (TPSA) is 83.3 Å². The molecular formula is C24H27N5O2S. The van der Waals surface area contributed by atoms with Crippen molar-refractivity contribution in [1.82, 2.24) is 15.3 Å². The van der Waals surface area contributed by atoms with Gasteiger partial charge in [0, 0.05) is 48.8 Å². The third-order valence-electron chi connectivity index (χ3n) is 5.73. The van der Waals surface area contributed by atoms with Crippen LogP contribution in [0.25, 0.3) is 11.3 Å². The number of hydrogen-bond donors (Lipinski definition) is 2. The highest BCUT2D eigenvalue weighted by Gasteiger charge is 2.29. The van der Waals surface area contributed by atoms with Gasteiger partial charge in [0.15, 0.2) is 0 Å². The van der Waals surface area contributed by atoms with Gasteiger partial charge in [-0.3, -0.25) is 9.78 Å². The molecule has 1 saturated carbocycles. The molecular weight excluding hydrogens is 422 g/mol. The number of aromatic nitrogens is 2. The van der Waals surface area contributed by atoms with Crippen LogP contribution in [0.5, 0.6) is 0 Å². The van der Waals surface area contributed by atoms with Crippen molar-refractivity contribution in [2.45, 2.75) is 36.6 Å². The molecule has 3 aromatic heterocycles. The van der Waals surface area contributed by atoms with Crippen molar-refractivity contribution in [1.29, 1.82) is 0 Å². The summed E-state index contributed by atoms with van der Waals surface area (Å²) >= 11 is 1.54. The van der Waals surface area contributed by atoms with E-state index in [-0.39, 0.29) is 11.8 Å². The largest absolute Gasteiger partial charge is 0.461 e. The van der Waals surface area contributed by atoms with E-state index in [0.29, 0.717) is 0 Å². The normalized spacial score (nSPS) is 16.2. The number of rotatable bonds is 6. The molecule has 7 nitrogen and oxygen atoms in total. The molecule has 4 heterocycles. The van der Waals surface area contributed by atoms with Gasteiger partial charge in [0.25, 0.3) is 0 Å². The number of nitrogens with zero attached hydrogens (tertiary/aromatic N) is 3. The van der Waals surface area contributed by atoms with Crippen LogP contribution in [0.15, 0.2) is 51.0 Å². The fourth-order valence-electron chi connectivity index (χ4n) is 4.00. The van der Waals surface area contributed by atoms with E-state index >= 15 is 0 Å². The predicted octanol–water partition coefficient (Wildman–Crippen LogP) is 4.26.